The van der Waals surface area contributed by atoms with E-state index in [0.29, 0.717) is 23.0 Å². The van der Waals surface area contributed by atoms with Crippen LogP contribution in [0.5, 0.6) is 11.5 Å². The summed E-state index contributed by atoms with van der Waals surface area (Å²) in [4.78, 5) is 24.6. The third-order valence-corrected chi connectivity index (χ3v) is 5.73. The summed E-state index contributed by atoms with van der Waals surface area (Å²) in [6.45, 7) is 8.22. The number of ether oxygens (including phenoxy) is 1. The van der Waals surface area contributed by atoms with Gasteiger partial charge in [0.25, 0.3) is 0 Å². The van der Waals surface area contributed by atoms with Crippen LogP contribution in [0.1, 0.15) is 39.3 Å². The average Bonchev–Trinajstić information content (AvgIpc) is 3.52. The van der Waals surface area contributed by atoms with Gasteiger partial charge in [0.15, 0.2) is 0 Å². The highest BCUT2D eigenvalue weighted by Gasteiger charge is 2.15. The number of urea groups is 1. The lowest BCUT2D eigenvalue weighted by molar-refractivity contribution is 0.262. The highest BCUT2D eigenvalue weighted by Crippen LogP contribution is 2.26. The van der Waals surface area contributed by atoms with E-state index in [-0.39, 0.29) is 18.0 Å². The molecule has 0 aliphatic carbocycles. The summed E-state index contributed by atoms with van der Waals surface area (Å²) in [5, 5.41) is 13.8. The predicted octanol–water partition coefficient (Wildman–Crippen LogP) is 6.52. The normalized spacial score (nSPS) is 11.2. The number of nitrogens with zero attached hydrogens (tertiary/aromatic N) is 4. The Bertz CT molecular complexity index is 1550. The molecule has 10 nitrogen and oxygen atoms in total. The van der Waals surface area contributed by atoms with Gasteiger partial charge in [-0.3, -0.25) is 5.32 Å². The Kier molecular flexibility index (Phi) is 6.94. The molecule has 0 spiro atoms. The zero-order valence-corrected chi connectivity index (χ0v) is 21.7. The van der Waals surface area contributed by atoms with Crippen molar-refractivity contribution in [1.29, 1.82) is 0 Å². The van der Waals surface area contributed by atoms with Crippen molar-refractivity contribution in [2.45, 2.75) is 39.7 Å². The maximum absolute atomic E-state index is 12.9. The number of H-pyrrole nitrogens is 1. The van der Waals surface area contributed by atoms with Gasteiger partial charge in [-0.2, -0.15) is 5.10 Å². The van der Waals surface area contributed by atoms with Gasteiger partial charge >= 0.3 is 6.03 Å². The highest BCUT2D eigenvalue weighted by molar-refractivity contribution is 5.99. The van der Waals surface area contributed by atoms with E-state index in [9.17, 15) is 4.79 Å². The van der Waals surface area contributed by atoms with Crippen LogP contribution in [-0.4, -0.2) is 36.8 Å². The number of pyridine rings is 1. The molecule has 38 heavy (non-hydrogen) atoms. The highest BCUT2D eigenvalue weighted by atomic mass is 16.5. The molecule has 0 saturated carbocycles. The Morgan fingerprint density at radius 2 is 1.74 bits per heavy atom. The van der Waals surface area contributed by atoms with Gasteiger partial charge in [-0.05, 0) is 68.3 Å². The smallest absolute Gasteiger partial charge is 0.324 e. The van der Waals surface area contributed by atoms with Crippen molar-refractivity contribution in [2.24, 2.45) is 0 Å². The molecule has 194 valence electrons. The number of fused-ring (bicyclic) bond motifs is 1. The summed E-state index contributed by atoms with van der Waals surface area (Å²) in [6.07, 6.45) is 3.35. The number of hydrogen-bond donors (Lipinski definition) is 4. The number of nitrogens with one attached hydrogen (secondary N) is 4. The van der Waals surface area contributed by atoms with Crippen LogP contribution in [0.25, 0.3) is 16.7 Å². The molecule has 0 atom stereocenters. The van der Waals surface area contributed by atoms with Crippen molar-refractivity contribution < 1.29 is 9.53 Å². The Morgan fingerprint density at radius 1 is 0.921 bits per heavy atom. The third kappa shape index (κ3) is 5.75. The summed E-state index contributed by atoms with van der Waals surface area (Å²) < 4.78 is 7.67. The van der Waals surface area contributed by atoms with E-state index >= 15 is 0 Å². The first-order chi connectivity index (χ1) is 18.3. The number of aromatic nitrogens is 5. The van der Waals surface area contributed by atoms with Crippen molar-refractivity contribution in [3.63, 3.8) is 0 Å². The van der Waals surface area contributed by atoms with E-state index in [1.165, 1.54) is 0 Å². The molecule has 2 amide bonds. The Hall–Kier alpha value is -4.86. The topological polar surface area (TPSA) is 122 Å². The number of carbonyl (C=O) groups is 1. The van der Waals surface area contributed by atoms with Gasteiger partial charge < -0.3 is 20.4 Å². The number of imidazole rings is 1. The zero-order chi connectivity index (χ0) is 26.6. The Balaban J connectivity index is 1.27. The van der Waals surface area contributed by atoms with Crippen molar-refractivity contribution >= 4 is 34.4 Å². The molecule has 0 bridgehead atoms. The number of aromatic amines is 1. The zero-order valence-electron chi connectivity index (χ0n) is 21.7. The minimum atomic E-state index is -0.378. The molecule has 10 heteroatoms. The van der Waals surface area contributed by atoms with Crippen LogP contribution in [-0.2, 0) is 0 Å². The minimum absolute atomic E-state index is 0.195. The Labute approximate surface area is 220 Å². The van der Waals surface area contributed by atoms with Gasteiger partial charge in [0.1, 0.15) is 23.1 Å². The lowest BCUT2D eigenvalue weighted by Gasteiger charge is -2.12. The van der Waals surface area contributed by atoms with E-state index in [1.54, 1.807) is 47.5 Å². The monoisotopic (exact) mass is 510 g/mol. The van der Waals surface area contributed by atoms with Crippen LogP contribution in [0, 0.1) is 0 Å². The molecule has 4 N–H and O–H groups in total. The fourth-order valence-corrected chi connectivity index (χ4v) is 3.89. The van der Waals surface area contributed by atoms with Crippen molar-refractivity contribution in [1.82, 2.24) is 24.7 Å². The second-order valence-electron chi connectivity index (χ2n) is 9.51. The minimum Gasteiger partial charge on any atom is -0.457 e. The number of benzene rings is 2. The van der Waals surface area contributed by atoms with Gasteiger partial charge in [0.2, 0.25) is 0 Å². The number of rotatable bonds is 8. The van der Waals surface area contributed by atoms with Crippen LogP contribution in [0.4, 0.5) is 22.1 Å². The molecule has 0 aliphatic rings. The molecule has 0 aliphatic heterocycles. The van der Waals surface area contributed by atoms with Crippen LogP contribution >= 0.6 is 0 Å². The molecular weight excluding hydrogens is 480 g/mol. The molecule has 2 aromatic carbocycles. The summed E-state index contributed by atoms with van der Waals surface area (Å²) >= 11 is 0. The molecule has 5 aromatic rings. The number of carbonyl (C=O) groups excluding carboxylic acids is 1. The van der Waals surface area contributed by atoms with Crippen molar-refractivity contribution in [3.05, 3.63) is 78.9 Å². The molecule has 0 unspecified atom stereocenters. The summed E-state index contributed by atoms with van der Waals surface area (Å²) in [6, 6.07) is 18.4. The fraction of sp³-hybridized carbons (Fsp3) is 0.214. The second-order valence-corrected chi connectivity index (χ2v) is 9.51. The van der Waals surface area contributed by atoms with Crippen LogP contribution in [0.3, 0.4) is 0 Å². The number of amides is 2. The third-order valence-electron chi connectivity index (χ3n) is 5.73. The molecule has 5 rings (SSSR count). The van der Waals surface area contributed by atoms with E-state index < -0.39 is 0 Å². The van der Waals surface area contributed by atoms with Crippen molar-refractivity contribution in [2.75, 3.05) is 16.0 Å². The second kappa shape index (κ2) is 10.6. The number of anilines is 3. The van der Waals surface area contributed by atoms with Gasteiger partial charge in [-0.25, -0.2) is 19.4 Å². The van der Waals surface area contributed by atoms with E-state index in [2.05, 4.69) is 44.7 Å². The van der Waals surface area contributed by atoms with Crippen LogP contribution in [0.15, 0.2) is 73.2 Å². The lowest BCUT2D eigenvalue weighted by atomic mass is 10.1. The van der Waals surface area contributed by atoms with Gasteiger partial charge in [0, 0.05) is 30.1 Å². The quantitative estimate of drug-likeness (QED) is 0.188. The van der Waals surface area contributed by atoms with Crippen molar-refractivity contribution in [3.8, 4) is 17.2 Å². The standard InChI is InChI=1S/C28H30N8O2/c1-17(2)24-15-27(36(35-24)20-7-10-23-25(13-20)31-16-30-23)34-28(37)33-19-5-8-21(9-6-19)38-22-11-12-29-26(14-22)32-18(3)4/h5-18H,1-4H3,(H,29,32)(H,30,31)(H2,33,34,37). The fourth-order valence-electron chi connectivity index (χ4n) is 3.89. The van der Waals surface area contributed by atoms with Crippen LogP contribution in [0.2, 0.25) is 0 Å². The lowest BCUT2D eigenvalue weighted by Crippen LogP contribution is -2.21. The molecule has 3 heterocycles. The van der Waals surface area contributed by atoms with E-state index in [0.717, 1.165) is 28.2 Å². The molecule has 0 fully saturated rings. The molecular formula is C28H30N8O2. The maximum atomic E-state index is 12.9. The first kappa shape index (κ1) is 24.8. The van der Waals surface area contributed by atoms with Crippen LogP contribution < -0.4 is 20.7 Å². The SMILES string of the molecule is CC(C)Nc1cc(Oc2ccc(NC(=O)Nc3cc(C(C)C)nn3-c3ccc4nc[nH]c4c3)cc2)ccn1. The first-order valence-electron chi connectivity index (χ1n) is 12.5. The van der Waals surface area contributed by atoms with Gasteiger partial charge in [-0.15, -0.1) is 0 Å². The largest absolute Gasteiger partial charge is 0.457 e. The molecule has 3 aromatic heterocycles. The van der Waals surface area contributed by atoms with E-state index in [1.807, 2.05) is 44.2 Å². The predicted molar refractivity (Wildman–Crippen MR) is 149 cm³/mol. The average molecular weight is 511 g/mol. The summed E-state index contributed by atoms with van der Waals surface area (Å²) in [5.74, 6) is 2.82. The van der Waals surface area contributed by atoms with E-state index in [4.69, 9.17) is 9.84 Å². The van der Waals surface area contributed by atoms with Gasteiger partial charge in [-0.1, -0.05) is 13.8 Å². The Morgan fingerprint density at radius 3 is 2.50 bits per heavy atom. The maximum Gasteiger partial charge on any atom is 0.324 e. The number of hydrogen-bond acceptors (Lipinski definition) is 6. The first-order valence-corrected chi connectivity index (χ1v) is 12.5. The summed E-state index contributed by atoms with van der Waals surface area (Å²) in [5.41, 5.74) is 4.06. The molecule has 0 saturated heterocycles. The summed E-state index contributed by atoms with van der Waals surface area (Å²) in [7, 11) is 0. The van der Waals surface area contributed by atoms with Gasteiger partial charge in [0.05, 0.1) is 28.7 Å². The molecule has 0 radical (unpaired) electrons.